The molecule has 0 aromatic rings. The fourth-order valence-electron chi connectivity index (χ4n) is 7.50. The van der Waals surface area contributed by atoms with Crippen molar-refractivity contribution in [2.45, 2.75) is 63.9 Å². The second kappa shape index (κ2) is 5.39. The molecule has 0 unspecified atom stereocenters. The largest absolute Gasteiger partial charge is 0.396 e. The van der Waals surface area contributed by atoms with E-state index in [0.717, 1.165) is 12.8 Å². The zero-order valence-corrected chi connectivity index (χ0v) is 15.4. The van der Waals surface area contributed by atoms with Gasteiger partial charge in [0.1, 0.15) is 0 Å². The molecule has 4 aliphatic carbocycles. The smallest absolute Gasteiger partial charge is 0.170 e. The number of hydrogen-bond acceptors (Lipinski definition) is 6. The monoisotopic (exact) mass is 366 g/mol. The number of Topliss-reactive ketones (excluding diaryl/α,β-unsaturated/α-hetero) is 1. The summed E-state index contributed by atoms with van der Waals surface area (Å²) in [5.74, 6) is -2.25. The van der Waals surface area contributed by atoms with Gasteiger partial charge >= 0.3 is 0 Å². The quantitative estimate of drug-likeness (QED) is 0.417. The Labute approximate surface area is 153 Å². The first-order valence-corrected chi connectivity index (χ1v) is 9.64. The van der Waals surface area contributed by atoms with Crippen LogP contribution in [0, 0.1) is 34.0 Å². The molecule has 0 radical (unpaired) electrons. The van der Waals surface area contributed by atoms with Crippen molar-refractivity contribution in [3.63, 3.8) is 0 Å². The van der Waals surface area contributed by atoms with Crippen LogP contribution in [0.5, 0.6) is 0 Å². The highest BCUT2D eigenvalue weighted by molar-refractivity contribution is 6.04. The minimum absolute atomic E-state index is 0.0375. The first-order valence-electron chi connectivity index (χ1n) is 9.64. The first-order chi connectivity index (χ1) is 12.1. The van der Waals surface area contributed by atoms with Crippen LogP contribution < -0.4 is 0 Å². The Bertz CT molecular complexity index is 663. The SMILES string of the molecule is C=C1C(=O)[C@@]23[C@H](O)C[C@@H]4[C@@](C)(CO)CCC[C@@]4(C)[C@@H]2[C@@H](O)[C@H](O)[C@@H]1[C@H]3O. The van der Waals surface area contributed by atoms with Gasteiger partial charge in [-0.3, -0.25) is 4.79 Å². The summed E-state index contributed by atoms with van der Waals surface area (Å²) in [5.41, 5.74) is -2.42. The van der Waals surface area contributed by atoms with Crippen molar-refractivity contribution in [3.05, 3.63) is 12.2 Å². The van der Waals surface area contributed by atoms with E-state index in [1.165, 1.54) is 0 Å². The molecule has 0 aromatic carbocycles. The van der Waals surface area contributed by atoms with Crippen molar-refractivity contribution in [1.82, 2.24) is 0 Å². The molecule has 6 heteroatoms. The number of carbonyl (C=O) groups is 1. The minimum atomic E-state index is -1.51. The third-order valence-corrected chi connectivity index (χ3v) is 8.67. The molecule has 4 saturated carbocycles. The molecule has 146 valence electrons. The maximum absolute atomic E-state index is 13.2. The minimum Gasteiger partial charge on any atom is -0.396 e. The molecule has 0 saturated heterocycles. The highest BCUT2D eigenvalue weighted by Gasteiger charge is 2.77. The Morgan fingerprint density at radius 2 is 1.77 bits per heavy atom. The number of ketones is 1. The van der Waals surface area contributed by atoms with Gasteiger partial charge in [-0.25, -0.2) is 0 Å². The van der Waals surface area contributed by atoms with E-state index in [1.54, 1.807) is 0 Å². The lowest BCUT2D eigenvalue weighted by Crippen LogP contribution is -2.72. The van der Waals surface area contributed by atoms with E-state index < -0.39 is 58.3 Å². The van der Waals surface area contributed by atoms with Crippen molar-refractivity contribution in [2.75, 3.05) is 6.61 Å². The standard InChI is InChI=1S/C20H30O6/c1-9-12-13(23)14(24)15-19(3)6-4-5-18(2,8-21)10(19)7-11(22)20(15,16(9)25)17(12)26/h10-15,17,21-24,26H,1,4-8H2,2-3H3/t10-,11-,12-,13-,14+,15+,17-,18-,19-,20-/m1/s1. The van der Waals surface area contributed by atoms with Crippen LogP contribution in [0.25, 0.3) is 0 Å². The lowest BCUT2D eigenvalue weighted by atomic mass is 9.39. The summed E-state index contributed by atoms with van der Waals surface area (Å²) >= 11 is 0. The van der Waals surface area contributed by atoms with Crippen LogP contribution in [-0.2, 0) is 4.79 Å². The van der Waals surface area contributed by atoms with Crippen molar-refractivity contribution in [3.8, 4) is 0 Å². The Kier molecular flexibility index (Phi) is 3.85. The Hall–Kier alpha value is -0.790. The molecule has 0 amide bonds. The maximum atomic E-state index is 13.2. The van der Waals surface area contributed by atoms with Crippen LogP contribution in [0.2, 0.25) is 0 Å². The fraction of sp³-hybridized carbons (Fsp3) is 0.850. The molecule has 26 heavy (non-hydrogen) atoms. The lowest BCUT2D eigenvalue weighted by Gasteiger charge is -2.66. The number of hydrogen-bond donors (Lipinski definition) is 5. The van der Waals surface area contributed by atoms with E-state index in [4.69, 9.17) is 0 Å². The van der Waals surface area contributed by atoms with Gasteiger partial charge in [0.15, 0.2) is 5.78 Å². The molecule has 4 rings (SSSR count). The molecule has 0 aromatic heterocycles. The molecular weight excluding hydrogens is 336 g/mol. The van der Waals surface area contributed by atoms with Gasteiger partial charge in [-0.05, 0) is 41.6 Å². The van der Waals surface area contributed by atoms with E-state index in [1.807, 2.05) is 13.8 Å². The Morgan fingerprint density at radius 3 is 2.38 bits per heavy atom. The average Bonchev–Trinajstić information content (AvgIpc) is 2.74. The molecule has 4 fully saturated rings. The third-order valence-electron chi connectivity index (χ3n) is 8.67. The fourth-order valence-corrected chi connectivity index (χ4v) is 7.50. The van der Waals surface area contributed by atoms with Crippen LogP contribution in [0.4, 0.5) is 0 Å². The highest BCUT2D eigenvalue weighted by Crippen LogP contribution is 2.70. The van der Waals surface area contributed by atoms with Gasteiger partial charge < -0.3 is 25.5 Å². The van der Waals surface area contributed by atoms with Crippen LogP contribution in [0.1, 0.15) is 39.5 Å². The number of aliphatic hydroxyl groups excluding tert-OH is 5. The first kappa shape index (κ1) is 18.6. The maximum Gasteiger partial charge on any atom is 0.170 e. The van der Waals surface area contributed by atoms with Crippen molar-refractivity contribution in [1.29, 1.82) is 0 Å². The van der Waals surface area contributed by atoms with Crippen molar-refractivity contribution >= 4 is 5.78 Å². The summed E-state index contributed by atoms with van der Waals surface area (Å²) in [6.45, 7) is 7.71. The third kappa shape index (κ3) is 1.78. The average molecular weight is 366 g/mol. The predicted octanol–water partition coefficient (Wildman–Crippen LogP) is 0.01000. The summed E-state index contributed by atoms with van der Waals surface area (Å²) in [5, 5.41) is 53.9. The topological polar surface area (TPSA) is 118 Å². The summed E-state index contributed by atoms with van der Waals surface area (Å²) in [6, 6.07) is 0. The lowest BCUT2D eigenvalue weighted by molar-refractivity contribution is -0.273. The summed E-state index contributed by atoms with van der Waals surface area (Å²) in [4.78, 5) is 13.2. The number of rotatable bonds is 1. The van der Waals surface area contributed by atoms with Gasteiger partial charge in [-0.15, -0.1) is 0 Å². The molecule has 1 spiro atoms. The predicted molar refractivity (Wildman–Crippen MR) is 92.8 cm³/mol. The summed E-state index contributed by atoms with van der Waals surface area (Å²) in [7, 11) is 0. The second-order valence-electron chi connectivity index (χ2n) is 9.69. The molecule has 10 atom stereocenters. The Morgan fingerprint density at radius 1 is 1.12 bits per heavy atom. The summed E-state index contributed by atoms with van der Waals surface area (Å²) < 4.78 is 0. The van der Waals surface area contributed by atoms with Gasteiger partial charge in [0.25, 0.3) is 0 Å². The van der Waals surface area contributed by atoms with Crippen molar-refractivity contribution in [2.24, 2.45) is 34.0 Å². The van der Waals surface area contributed by atoms with Gasteiger partial charge in [0.05, 0.1) is 29.8 Å². The van der Waals surface area contributed by atoms with Gasteiger partial charge in [-0.2, -0.15) is 0 Å². The van der Waals surface area contributed by atoms with Gasteiger partial charge in [-0.1, -0.05) is 26.8 Å². The van der Waals surface area contributed by atoms with Crippen LogP contribution in [0.3, 0.4) is 0 Å². The van der Waals surface area contributed by atoms with E-state index >= 15 is 0 Å². The molecule has 0 aliphatic heterocycles. The molecular formula is C20H30O6. The number of aliphatic hydroxyl groups is 5. The molecule has 5 N–H and O–H groups in total. The Balaban J connectivity index is 1.93. The molecule has 4 aliphatic rings. The van der Waals surface area contributed by atoms with Gasteiger partial charge in [0, 0.05) is 18.4 Å². The van der Waals surface area contributed by atoms with Crippen molar-refractivity contribution < 1.29 is 30.3 Å². The van der Waals surface area contributed by atoms with E-state index in [-0.39, 0.29) is 24.5 Å². The highest BCUT2D eigenvalue weighted by atomic mass is 16.3. The normalized spacial score (nSPS) is 59.1. The zero-order valence-electron chi connectivity index (χ0n) is 15.4. The van der Waals surface area contributed by atoms with Crippen LogP contribution >= 0.6 is 0 Å². The van der Waals surface area contributed by atoms with E-state index in [2.05, 4.69) is 6.58 Å². The van der Waals surface area contributed by atoms with Gasteiger partial charge in [0.2, 0.25) is 0 Å². The van der Waals surface area contributed by atoms with Crippen LogP contribution in [0.15, 0.2) is 12.2 Å². The van der Waals surface area contributed by atoms with E-state index in [0.29, 0.717) is 6.42 Å². The van der Waals surface area contributed by atoms with Crippen LogP contribution in [-0.4, -0.2) is 62.3 Å². The second-order valence-corrected chi connectivity index (χ2v) is 9.69. The zero-order chi connectivity index (χ0) is 19.2. The molecule has 0 heterocycles. The number of fused-ring (bicyclic) bond motifs is 3. The molecule has 6 nitrogen and oxygen atoms in total. The summed E-state index contributed by atoms with van der Waals surface area (Å²) in [6.07, 6.45) is -2.27. The molecule has 2 bridgehead atoms. The van der Waals surface area contributed by atoms with E-state index in [9.17, 15) is 30.3 Å². The number of carbonyl (C=O) groups excluding carboxylic acids is 1.